The summed E-state index contributed by atoms with van der Waals surface area (Å²) in [6.07, 6.45) is -1.51. The highest BCUT2D eigenvalue weighted by atomic mass is 19.1. The quantitative estimate of drug-likeness (QED) is 0.807. The van der Waals surface area contributed by atoms with Gasteiger partial charge in [0.1, 0.15) is 6.17 Å². The molecule has 0 aromatic heterocycles. The van der Waals surface area contributed by atoms with Crippen molar-refractivity contribution >= 4 is 17.3 Å². The van der Waals surface area contributed by atoms with Crippen LogP contribution in [0.25, 0.3) is 0 Å². The minimum absolute atomic E-state index is 0.135. The van der Waals surface area contributed by atoms with E-state index in [1.54, 1.807) is 12.1 Å². The van der Waals surface area contributed by atoms with Gasteiger partial charge in [-0.2, -0.15) is 0 Å². The van der Waals surface area contributed by atoms with E-state index in [1.807, 2.05) is 0 Å². The Bertz CT molecular complexity index is 639. The number of nitrogens with two attached hydrogens (primary N) is 1. The summed E-state index contributed by atoms with van der Waals surface area (Å²) in [7, 11) is 0. The van der Waals surface area contributed by atoms with Crippen molar-refractivity contribution in [2.24, 2.45) is 0 Å². The second-order valence-electron chi connectivity index (χ2n) is 6.97. The molecular weight excluding hydrogens is 313 g/mol. The number of carbonyl (C=O) groups is 1. The number of benzene rings is 1. The third-order valence-electron chi connectivity index (χ3n) is 4.63. The van der Waals surface area contributed by atoms with Crippen LogP contribution in [0.4, 0.5) is 15.8 Å². The molecule has 3 rings (SSSR count). The van der Waals surface area contributed by atoms with Crippen LogP contribution in [-0.2, 0) is 11.3 Å². The molecule has 7 heteroatoms. The average Bonchev–Trinajstić information content (AvgIpc) is 2.82. The van der Waals surface area contributed by atoms with Crippen molar-refractivity contribution in [2.75, 3.05) is 43.5 Å². The van der Waals surface area contributed by atoms with Crippen LogP contribution in [-0.4, -0.2) is 60.5 Å². The van der Waals surface area contributed by atoms with Crippen LogP contribution >= 0.6 is 0 Å². The summed E-state index contributed by atoms with van der Waals surface area (Å²) in [6.45, 7) is 5.71. The number of aliphatic hydroxyl groups is 1. The molecule has 0 bridgehead atoms. The van der Waals surface area contributed by atoms with Gasteiger partial charge in [-0.1, -0.05) is 0 Å². The van der Waals surface area contributed by atoms with E-state index in [4.69, 9.17) is 10.5 Å². The summed E-state index contributed by atoms with van der Waals surface area (Å²) >= 11 is 0. The molecule has 0 saturated carbocycles. The van der Waals surface area contributed by atoms with Gasteiger partial charge in [-0.15, -0.1) is 0 Å². The molecule has 6 nitrogen and oxygen atoms in total. The van der Waals surface area contributed by atoms with Gasteiger partial charge >= 0.3 is 0 Å². The zero-order valence-corrected chi connectivity index (χ0v) is 14.1. The first-order chi connectivity index (χ1) is 11.3. The molecule has 2 aliphatic rings. The maximum absolute atomic E-state index is 14.1. The second kappa shape index (κ2) is 6.22. The predicted octanol–water partition coefficient (Wildman–Crippen LogP) is 1.17. The molecule has 1 amide bonds. The molecule has 132 valence electrons. The van der Waals surface area contributed by atoms with E-state index in [0.717, 1.165) is 24.3 Å². The van der Waals surface area contributed by atoms with Crippen molar-refractivity contribution in [3.8, 4) is 0 Å². The van der Waals surface area contributed by atoms with E-state index in [2.05, 4.69) is 4.90 Å². The van der Waals surface area contributed by atoms with E-state index in [9.17, 15) is 14.3 Å². The number of nitrogens with zero attached hydrogens (tertiary/aromatic N) is 2. The van der Waals surface area contributed by atoms with Gasteiger partial charge in [0.15, 0.2) is 0 Å². The van der Waals surface area contributed by atoms with E-state index in [0.29, 0.717) is 31.0 Å². The fraction of sp³-hybridized carbons (Fsp3) is 0.588. The molecule has 1 atom stereocenters. The first-order valence-electron chi connectivity index (χ1n) is 8.18. The van der Waals surface area contributed by atoms with Crippen LogP contribution in [0.5, 0.6) is 0 Å². The Balaban J connectivity index is 1.81. The molecule has 1 saturated heterocycles. The third kappa shape index (κ3) is 3.18. The summed E-state index contributed by atoms with van der Waals surface area (Å²) in [5, 5.41) is 9.76. The monoisotopic (exact) mass is 337 g/mol. The molecule has 1 fully saturated rings. The fourth-order valence-electron chi connectivity index (χ4n) is 3.07. The molecule has 0 spiro atoms. The molecule has 0 radical (unpaired) electrons. The van der Waals surface area contributed by atoms with Crippen molar-refractivity contribution < 1.29 is 19.0 Å². The number of hydrogen-bond donors (Lipinski definition) is 2. The number of halogens is 1. The zero-order valence-electron chi connectivity index (χ0n) is 14.1. The second-order valence-corrected chi connectivity index (χ2v) is 6.97. The number of carbonyl (C=O) groups excluding carboxylic acids is 1. The SMILES string of the molecule is CC(C)(O)[C@@H](F)CN1Cc2cc(N)c(N3CCOCC3)cc2C1=O. The Morgan fingerprint density at radius 2 is 2.04 bits per heavy atom. The third-order valence-corrected chi connectivity index (χ3v) is 4.63. The first kappa shape index (κ1) is 17.0. The van der Waals surface area contributed by atoms with Crippen LogP contribution in [0.3, 0.4) is 0 Å². The van der Waals surface area contributed by atoms with Gasteiger partial charge in [-0.3, -0.25) is 4.79 Å². The lowest BCUT2D eigenvalue weighted by molar-refractivity contribution is -0.0159. The molecular formula is C17H24FN3O3. The number of ether oxygens (including phenoxy) is 1. The van der Waals surface area contributed by atoms with Gasteiger partial charge in [0.05, 0.1) is 36.7 Å². The highest BCUT2D eigenvalue weighted by molar-refractivity contribution is 6.00. The minimum Gasteiger partial charge on any atom is -0.397 e. The molecule has 3 N–H and O–H groups in total. The number of morpholine rings is 1. The highest BCUT2D eigenvalue weighted by Gasteiger charge is 2.35. The number of amides is 1. The maximum Gasteiger partial charge on any atom is 0.254 e. The molecule has 2 aliphatic heterocycles. The number of anilines is 2. The van der Waals surface area contributed by atoms with Crippen LogP contribution < -0.4 is 10.6 Å². The minimum atomic E-state index is -1.51. The Hall–Kier alpha value is -1.86. The van der Waals surface area contributed by atoms with Gasteiger partial charge in [-0.05, 0) is 31.5 Å². The Morgan fingerprint density at radius 3 is 2.67 bits per heavy atom. The van der Waals surface area contributed by atoms with E-state index in [-0.39, 0.29) is 12.5 Å². The predicted molar refractivity (Wildman–Crippen MR) is 89.8 cm³/mol. The Morgan fingerprint density at radius 1 is 1.38 bits per heavy atom. The first-order valence-corrected chi connectivity index (χ1v) is 8.18. The van der Waals surface area contributed by atoms with E-state index in [1.165, 1.54) is 18.7 Å². The average molecular weight is 337 g/mol. The van der Waals surface area contributed by atoms with E-state index < -0.39 is 11.8 Å². The molecule has 0 aliphatic carbocycles. The van der Waals surface area contributed by atoms with Crippen molar-refractivity contribution in [2.45, 2.75) is 32.2 Å². The molecule has 0 unspecified atom stereocenters. The topological polar surface area (TPSA) is 79.0 Å². The number of hydrogen-bond acceptors (Lipinski definition) is 5. The lowest BCUT2D eigenvalue weighted by Crippen LogP contribution is -2.42. The normalized spacial score (nSPS) is 19.6. The number of fused-ring (bicyclic) bond motifs is 1. The number of alkyl halides is 1. The van der Waals surface area contributed by atoms with Crippen LogP contribution in [0, 0.1) is 0 Å². The fourth-order valence-corrected chi connectivity index (χ4v) is 3.07. The maximum atomic E-state index is 14.1. The van der Waals surface area contributed by atoms with Crippen LogP contribution in [0.1, 0.15) is 29.8 Å². The molecule has 2 heterocycles. The summed E-state index contributed by atoms with van der Waals surface area (Å²) in [5.74, 6) is -0.216. The molecule has 1 aromatic carbocycles. The van der Waals surface area contributed by atoms with Crippen LogP contribution in [0.2, 0.25) is 0 Å². The van der Waals surface area contributed by atoms with Gasteiger partial charge in [0, 0.05) is 25.2 Å². The Labute approximate surface area is 141 Å². The Kier molecular flexibility index (Phi) is 4.40. The van der Waals surface area contributed by atoms with Crippen molar-refractivity contribution in [1.82, 2.24) is 4.90 Å². The zero-order chi connectivity index (χ0) is 17.5. The number of rotatable bonds is 4. The van der Waals surface area contributed by atoms with Crippen LogP contribution in [0.15, 0.2) is 12.1 Å². The lowest BCUT2D eigenvalue weighted by atomic mass is 10.0. The standard InChI is InChI=1S/C17H24FN3O3/c1-17(2,23)15(18)10-21-9-11-7-13(19)14(8-12(11)16(21)22)20-3-5-24-6-4-20/h7-8,15,23H,3-6,9-10,19H2,1-2H3/t15-/m0/s1. The summed E-state index contributed by atoms with van der Waals surface area (Å²) in [5.41, 5.74) is 7.49. The molecule has 24 heavy (non-hydrogen) atoms. The van der Waals surface area contributed by atoms with Crippen molar-refractivity contribution in [3.05, 3.63) is 23.3 Å². The van der Waals surface area contributed by atoms with Gasteiger partial charge < -0.3 is 25.4 Å². The summed E-state index contributed by atoms with van der Waals surface area (Å²) in [6, 6.07) is 3.60. The highest BCUT2D eigenvalue weighted by Crippen LogP contribution is 2.33. The molecule has 1 aromatic rings. The van der Waals surface area contributed by atoms with Gasteiger partial charge in [0.2, 0.25) is 0 Å². The van der Waals surface area contributed by atoms with Crippen molar-refractivity contribution in [3.63, 3.8) is 0 Å². The summed E-state index contributed by atoms with van der Waals surface area (Å²) < 4.78 is 19.5. The van der Waals surface area contributed by atoms with Crippen molar-refractivity contribution in [1.29, 1.82) is 0 Å². The van der Waals surface area contributed by atoms with Gasteiger partial charge in [0.25, 0.3) is 5.91 Å². The van der Waals surface area contributed by atoms with E-state index >= 15 is 0 Å². The largest absolute Gasteiger partial charge is 0.397 e. The summed E-state index contributed by atoms with van der Waals surface area (Å²) in [4.78, 5) is 16.1. The smallest absolute Gasteiger partial charge is 0.254 e. The number of nitrogen functional groups attached to an aromatic ring is 1. The van der Waals surface area contributed by atoms with Gasteiger partial charge in [-0.25, -0.2) is 4.39 Å². The lowest BCUT2D eigenvalue weighted by Gasteiger charge is -2.30.